The summed E-state index contributed by atoms with van der Waals surface area (Å²) in [5.41, 5.74) is 0.703. The van der Waals surface area contributed by atoms with Crippen LogP contribution in [0.4, 0.5) is 4.39 Å². The highest BCUT2D eigenvalue weighted by atomic mass is 79.9. The highest BCUT2D eigenvalue weighted by Gasteiger charge is 2.29. The molecule has 2 aromatic rings. The van der Waals surface area contributed by atoms with Gasteiger partial charge in [-0.05, 0) is 40.5 Å². The Balaban J connectivity index is 1.81. The molecule has 0 spiro atoms. The Hall–Kier alpha value is -1.31. The fourth-order valence-corrected chi connectivity index (χ4v) is 2.58. The Morgan fingerprint density at radius 3 is 3.05 bits per heavy atom. The second kappa shape index (κ2) is 5.59. The summed E-state index contributed by atoms with van der Waals surface area (Å²) in [7, 11) is 1.68. The quantitative estimate of drug-likeness (QED) is 0.929. The van der Waals surface area contributed by atoms with E-state index >= 15 is 0 Å². The Morgan fingerprint density at radius 2 is 2.35 bits per heavy atom. The van der Waals surface area contributed by atoms with E-state index in [0.29, 0.717) is 21.8 Å². The predicted octanol–water partition coefficient (Wildman–Crippen LogP) is 2.69. The second-order valence-corrected chi connectivity index (χ2v) is 5.49. The van der Waals surface area contributed by atoms with Crippen LogP contribution in [0.15, 0.2) is 27.2 Å². The van der Waals surface area contributed by atoms with E-state index in [-0.39, 0.29) is 18.0 Å². The van der Waals surface area contributed by atoms with Gasteiger partial charge in [-0.25, -0.2) is 4.39 Å². The highest BCUT2D eigenvalue weighted by Crippen LogP contribution is 2.27. The molecule has 1 N–H and O–H groups in total. The summed E-state index contributed by atoms with van der Waals surface area (Å²) in [6.45, 7) is 0.765. The zero-order valence-electron chi connectivity index (χ0n) is 10.8. The minimum Gasteiger partial charge on any atom is -0.380 e. The largest absolute Gasteiger partial charge is 0.380 e. The molecule has 1 aliphatic heterocycles. The molecule has 0 unspecified atom stereocenters. The van der Waals surface area contributed by atoms with Crippen molar-refractivity contribution in [2.24, 2.45) is 0 Å². The molecule has 7 heteroatoms. The maximum Gasteiger partial charge on any atom is 0.244 e. The van der Waals surface area contributed by atoms with Crippen LogP contribution in [0.3, 0.4) is 0 Å². The van der Waals surface area contributed by atoms with Gasteiger partial charge in [0, 0.05) is 19.2 Å². The van der Waals surface area contributed by atoms with Crippen molar-refractivity contribution in [3.05, 3.63) is 34.4 Å². The first-order chi connectivity index (χ1) is 9.67. The average Bonchev–Trinajstić information content (AvgIpc) is 3.09. The van der Waals surface area contributed by atoms with Crippen molar-refractivity contribution < 1.29 is 13.7 Å². The Bertz CT molecular complexity index is 619. The summed E-state index contributed by atoms with van der Waals surface area (Å²) in [4.78, 5) is 4.36. The van der Waals surface area contributed by atoms with Gasteiger partial charge in [0.1, 0.15) is 5.82 Å². The van der Waals surface area contributed by atoms with Crippen LogP contribution < -0.4 is 5.32 Å². The van der Waals surface area contributed by atoms with E-state index in [1.165, 1.54) is 6.07 Å². The summed E-state index contributed by atoms with van der Waals surface area (Å²) >= 11 is 3.14. The number of halogens is 2. The zero-order chi connectivity index (χ0) is 14.1. The van der Waals surface area contributed by atoms with Gasteiger partial charge in [-0.3, -0.25) is 0 Å². The lowest BCUT2D eigenvalue weighted by Gasteiger charge is -2.04. The number of nitrogens with one attached hydrogen (secondary N) is 1. The van der Waals surface area contributed by atoms with E-state index in [9.17, 15) is 4.39 Å². The zero-order valence-corrected chi connectivity index (χ0v) is 12.4. The summed E-state index contributed by atoms with van der Waals surface area (Å²) in [5.74, 6) is 0.654. The molecule has 0 radical (unpaired) electrons. The van der Waals surface area contributed by atoms with E-state index in [0.717, 1.165) is 13.0 Å². The van der Waals surface area contributed by atoms with Crippen LogP contribution in [0, 0.1) is 5.82 Å². The third kappa shape index (κ3) is 2.61. The van der Waals surface area contributed by atoms with Crippen molar-refractivity contribution in [2.75, 3.05) is 13.7 Å². The first-order valence-corrected chi connectivity index (χ1v) is 7.02. The molecule has 1 aliphatic rings. The molecule has 1 aromatic carbocycles. The van der Waals surface area contributed by atoms with Crippen molar-refractivity contribution >= 4 is 15.9 Å². The van der Waals surface area contributed by atoms with E-state index in [2.05, 4.69) is 31.4 Å². The monoisotopic (exact) mass is 341 g/mol. The van der Waals surface area contributed by atoms with E-state index < -0.39 is 0 Å². The number of benzene rings is 1. The summed E-state index contributed by atoms with van der Waals surface area (Å²) in [6.07, 6.45) is 0.959. The van der Waals surface area contributed by atoms with Crippen LogP contribution in [0.2, 0.25) is 0 Å². The number of rotatable bonds is 3. The highest BCUT2D eigenvalue weighted by molar-refractivity contribution is 9.10. The molecule has 2 heterocycles. The average molecular weight is 342 g/mol. The number of methoxy groups -OCH3 is 1. The third-order valence-electron chi connectivity index (χ3n) is 3.34. The number of aromatic nitrogens is 2. The molecule has 0 amide bonds. The first-order valence-electron chi connectivity index (χ1n) is 6.22. The maximum atomic E-state index is 13.2. The fraction of sp³-hybridized carbons (Fsp3) is 0.385. The SMILES string of the molecule is CO[C@@H]1CN[C@@H](c2nc(-c3ccc(F)c(Br)c3)no2)C1. The summed E-state index contributed by atoms with van der Waals surface area (Å²) < 4.78 is 24.1. The molecule has 20 heavy (non-hydrogen) atoms. The first kappa shape index (κ1) is 13.7. The third-order valence-corrected chi connectivity index (χ3v) is 3.95. The van der Waals surface area contributed by atoms with Gasteiger partial charge in [0.2, 0.25) is 11.7 Å². The smallest absolute Gasteiger partial charge is 0.244 e. The summed E-state index contributed by atoms with van der Waals surface area (Å²) in [5, 5.41) is 7.21. The van der Waals surface area contributed by atoms with Gasteiger partial charge < -0.3 is 14.6 Å². The van der Waals surface area contributed by atoms with Crippen molar-refractivity contribution in [1.29, 1.82) is 0 Å². The van der Waals surface area contributed by atoms with Crippen molar-refractivity contribution in [3.63, 3.8) is 0 Å². The minimum atomic E-state index is -0.321. The van der Waals surface area contributed by atoms with E-state index in [1.54, 1.807) is 19.2 Å². The lowest BCUT2D eigenvalue weighted by atomic mass is 10.2. The molecule has 5 nitrogen and oxygen atoms in total. The van der Waals surface area contributed by atoms with E-state index in [1.807, 2.05) is 0 Å². The fourth-order valence-electron chi connectivity index (χ4n) is 2.20. The molecule has 0 saturated carbocycles. The van der Waals surface area contributed by atoms with Gasteiger partial charge in [-0.15, -0.1) is 0 Å². The lowest BCUT2D eigenvalue weighted by Crippen LogP contribution is -2.16. The molecule has 3 rings (SSSR count). The van der Waals surface area contributed by atoms with Gasteiger partial charge in [0.25, 0.3) is 0 Å². The van der Waals surface area contributed by atoms with Crippen LogP contribution in [-0.4, -0.2) is 29.9 Å². The maximum absolute atomic E-state index is 13.2. The topological polar surface area (TPSA) is 60.2 Å². The van der Waals surface area contributed by atoms with Crippen molar-refractivity contribution in [1.82, 2.24) is 15.5 Å². The van der Waals surface area contributed by atoms with Gasteiger partial charge in [0.05, 0.1) is 16.6 Å². The van der Waals surface area contributed by atoms with Crippen molar-refractivity contribution in [3.8, 4) is 11.4 Å². The molecule has 0 bridgehead atoms. The van der Waals surface area contributed by atoms with Gasteiger partial charge in [0.15, 0.2) is 0 Å². The minimum absolute atomic E-state index is 0.00471. The lowest BCUT2D eigenvalue weighted by molar-refractivity contribution is 0.116. The van der Waals surface area contributed by atoms with Crippen LogP contribution >= 0.6 is 15.9 Å². The molecule has 0 aliphatic carbocycles. The molecular formula is C13H13BrFN3O2. The normalized spacial score (nSPS) is 22.4. The van der Waals surface area contributed by atoms with Crippen LogP contribution in [-0.2, 0) is 4.74 Å². The Kier molecular flexibility index (Phi) is 3.82. The second-order valence-electron chi connectivity index (χ2n) is 4.64. The Labute approximate surface area is 123 Å². The molecular weight excluding hydrogens is 329 g/mol. The molecule has 106 valence electrons. The molecule has 1 aromatic heterocycles. The molecule has 1 fully saturated rings. The Morgan fingerprint density at radius 1 is 1.50 bits per heavy atom. The van der Waals surface area contributed by atoms with Crippen molar-refractivity contribution in [2.45, 2.75) is 18.6 Å². The standard InChI is InChI=1S/C13H13BrFN3O2/c1-19-8-5-11(16-6-8)13-17-12(18-20-13)7-2-3-10(15)9(14)4-7/h2-4,8,11,16H,5-6H2,1H3/t8-,11+/m0/s1. The van der Waals surface area contributed by atoms with Gasteiger partial charge in [-0.2, -0.15) is 4.98 Å². The summed E-state index contributed by atoms with van der Waals surface area (Å²) in [6, 6.07) is 4.62. The molecule has 1 saturated heterocycles. The van der Waals surface area contributed by atoms with Crippen LogP contribution in [0.1, 0.15) is 18.4 Å². The van der Waals surface area contributed by atoms with Gasteiger partial charge >= 0.3 is 0 Å². The van der Waals surface area contributed by atoms with Crippen LogP contribution in [0.25, 0.3) is 11.4 Å². The van der Waals surface area contributed by atoms with E-state index in [4.69, 9.17) is 9.26 Å². The number of nitrogens with zero attached hydrogens (tertiary/aromatic N) is 2. The predicted molar refractivity (Wildman–Crippen MR) is 73.5 cm³/mol. The number of hydrogen-bond acceptors (Lipinski definition) is 5. The van der Waals surface area contributed by atoms with Crippen LogP contribution in [0.5, 0.6) is 0 Å². The number of hydrogen-bond donors (Lipinski definition) is 1. The number of ether oxygens (including phenoxy) is 1. The molecule has 2 atom stereocenters. The van der Waals surface area contributed by atoms with Gasteiger partial charge in [-0.1, -0.05) is 5.16 Å².